The van der Waals surface area contributed by atoms with E-state index in [1.807, 2.05) is 25.1 Å². The van der Waals surface area contributed by atoms with Crippen molar-refractivity contribution in [3.63, 3.8) is 0 Å². The van der Waals surface area contributed by atoms with Crippen LogP contribution >= 0.6 is 15.9 Å². The predicted octanol–water partition coefficient (Wildman–Crippen LogP) is 4.64. The van der Waals surface area contributed by atoms with E-state index in [-0.39, 0.29) is 11.9 Å². The normalized spacial score (nSPS) is 12.6. The number of aromatic amines is 1. The molecule has 0 fully saturated rings. The van der Waals surface area contributed by atoms with E-state index in [0.29, 0.717) is 4.47 Å². The molecule has 0 aliphatic heterocycles. The number of halogens is 2. The molecule has 0 radical (unpaired) electrons. The van der Waals surface area contributed by atoms with Crippen molar-refractivity contribution >= 4 is 32.5 Å². The number of hydrogen-bond donors (Lipinski definition) is 2. The molecular weight excluding hydrogens is 321 g/mol. The smallest absolute Gasteiger partial charge is 0.137 e. The first-order chi connectivity index (χ1) is 9.65. The summed E-state index contributed by atoms with van der Waals surface area (Å²) in [6.45, 7) is 2.04. The summed E-state index contributed by atoms with van der Waals surface area (Å²) in [5.74, 6) is -0.252. The van der Waals surface area contributed by atoms with Gasteiger partial charge in [0.15, 0.2) is 0 Å². The summed E-state index contributed by atoms with van der Waals surface area (Å²) in [7, 11) is 0. The number of rotatable bonds is 3. The van der Waals surface area contributed by atoms with Gasteiger partial charge in [0, 0.05) is 17.1 Å². The number of H-pyrrole nitrogens is 1. The molecule has 0 amide bonds. The van der Waals surface area contributed by atoms with Gasteiger partial charge in [-0.25, -0.2) is 4.39 Å². The van der Waals surface area contributed by atoms with E-state index in [1.54, 1.807) is 18.3 Å². The Morgan fingerprint density at radius 1 is 1.30 bits per heavy atom. The van der Waals surface area contributed by atoms with E-state index in [2.05, 4.69) is 31.4 Å². The number of anilines is 1. The summed E-state index contributed by atoms with van der Waals surface area (Å²) in [5, 5.41) is 11.5. The number of hydrogen-bond acceptors (Lipinski definition) is 2. The van der Waals surface area contributed by atoms with Gasteiger partial charge in [-0.15, -0.1) is 0 Å². The third-order valence-corrected chi connectivity index (χ3v) is 3.91. The van der Waals surface area contributed by atoms with Crippen LogP contribution in [0.15, 0.2) is 47.1 Å². The minimum absolute atomic E-state index is 0.0624. The Morgan fingerprint density at radius 3 is 2.95 bits per heavy atom. The molecule has 0 spiro atoms. The third-order valence-electron chi connectivity index (χ3n) is 3.30. The molecule has 0 aliphatic rings. The standard InChI is InChI=1S/C15H13BrFN3/c1-9(10-5-6-13(17)12(16)7-10)19-14-3-2-4-15-11(14)8-18-20-15/h2-9,19H,1H3,(H,18,20). The molecule has 0 aliphatic carbocycles. The highest BCUT2D eigenvalue weighted by molar-refractivity contribution is 9.10. The molecule has 0 saturated heterocycles. The maximum absolute atomic E-state index is 13.3. The number of fused-ring (bicyclic) bond motifs is 1. The van der Waals surface area contributed by atoms with Crippen molar-refractivity contribution in [1.82, 2.24) is 10.2 Å². The largest absolute Gasteiger partial charge is 0.378 e. The number of nitrogens with one attached hydrogen (secondary N) is 2. The fraction of sp³-hybridized carbons (Fsp3) is 0.133. The van der Waals surface area contributed by atoms with Crippen molar-refractivity contribution in [2.24, 2.45) is 0 Å². The van der Waals surface area contributed by atoms with Crippen LogP contribution in [0, 0.1) is 5.82 Å². The van der Waals surface area contributed by atoms with Crippen LogP contribution in [0.4, 0.5) is 10.1 Å². The molecule has 1 aromatic heterocycles. The second-order valence-electron chi connectivity index (χ2n) is 4.68. The SMILES string of the molecule is CC(Nc1cccc2[nH]ncc12)c1ccc(F)c(Br)c1. The lowest BCUT2D eigenvalue weighted by Gasteiger charge is -2.16. The molecule has 102 valence electrons. The van der Waals surface area contributed by atoms with E-state index >= 15 is 0 Å². The predicted molar refractivity (Wildman–Crippen MR) is 82.2 cm³/mol. The molecule has 3 nitrogen and oxygen atoms in total. The molecule has 5 heteroatoms. The first kappa shape index (κ1) is 13.1. The van der Waals surface area contributed by atoms with Crippen molar-refractivity contribution in [1.29, 1.82) is 0 Å². The quantitative estimate of drug-likeness (QED) is 0.733. The Morgan fingerprint density at radius 2 is 2.15 bits per heavy atom. The Kier molecular flexibility index (Phi) is 3.44. The summed E-state index contributed by atoms with van der Waals surface area (Å²) in [6.07, 6.45) is 1.80. The number of nitrogens with zero attached hydrogens (tertiary/aromatic N) is 1. The van der Waals surface area contributed by atoms with E-state index in [4.69, 9.17) is 0 Å². The summed E-state index contributed by atoms with van der Waals surface area (Å²) in [4.78, 5) is 0. The van der Waals surface area contributed by atoms with Gasteiger partial charge in [0.1, 0.15) is 5.82 Å². The fourth-order valence-corrected chi connectivity index (χ4v) is 2.59. The molecule has 20 heavy (non-hydrogen) atoms. The molecule has 1 atom stereocenters. The summed E-state index contributed by atoms with van der Waals surface area (Å²) in [5.41, 5.74) is 3.01. The fourth-order valence-electron chi connectivity index (χ4n) is 2.19. The molecule has 0 bridgehead atoms. The van der Waals surface area contributed by atoms with Gasteiger partial charge < -0.3 is 5.32 Å². The molecule has 2 N–H and O–H groups in total. The topological polar surface area (TPSA) is 40.7 Å². The van der Waals surface area contributed by atoms with Crippen LogP contribution in [0.3, 0.4) is 0 Å². The van der Waals surface area contributed by atoms with Gasteiger partial charge in [0.2, 0.25) is 0 Å². The van der Waals surface area contributed by atoms with Gasteiger partial charge in [0.25, 0.3) is 0 Å². The van der Waals surface area contributed by atoms with E-state index in [1.165, 1.54) is 6.07 Å². The van der Waals surface area contributed by atoms with Crippen molar-refractivity contribution in [2.75, 3.05) is 5.32 Å². The van der Waals surface area contributed by atoms with Crippen molar-refractivity contribution in [2.45, 2.75) is 13.0 Å². The first-order valence-corrected chi connectivity index (χ1v) is 7.08. The zero-order valence-electron chi connectivity index (χ0n) is 10.8. The van der Waals surface area contributed by atoms with Gasteiger partial charge in [-0.2, -0.15) is 5.10 Å². The molecule has 3 rings (SSSR count). The van der Waals surface area contributed by atoms with Gasteiger partial charge in [-0.05, 0) is 52.7 Å². The zero-order chi connectivity index (χ0) is 14.1. The molecule has 1 unspecified atom stereocenters. The maximum atomic E-state index is 13.3. The average Bonchev–Trinajstić information content (AvgIpc) is 2.91. The second kappa shape index (κ2) is 5.25. The average molecular weight is 334 g/mol. The van der Waals surface area contributed by atoms with Gasteiger partial charge >= 0.3 is 0 Å². The van der Waals surface area contributed by atoms with Crippen LogP contribution in [-0.2, 0) is 0 Å². The van der Waals surface area contributed by atoms with E-state index in [9.17, 15) is 4.39 Å². The molecule has 0 saturated carbocycles. The lowest BCUT2D eigenvalue weighted by Crippen LogP contribution is -2.07. The number of aromatic nitrogens is 2. The molecular formula is C15H13BrFN3. The van der Waals surface area contributed by atoms with Gasteiger partial charge in [-0.3, -0.25) is 5.10 Å². The number of benzene rings is 2. The highest BCUT2D eigenvalue weighted by Gasteiger charge is 2.10. The Hall–Kier alpha value is -1.88. The Labute approximate surface area is 124 Å². The van der Waals surface area contributed by atoms with Crippen LogP contribution < -0.4 is 5.32 Å². The van der Waals surface area contributed by atoms with Gasteiger partial charge in [0.05, 0.1) is 16.2 Å². The Bertz CT molecular complexity index is 754. The van der Waals surface area contributed by atoms with E-state index in [0.717, 1.165) is 22.2 Å². The Balaban J connectivity index is 1.90. The molecule has 3 aromatic rings. The van der Waals surface area contributed by atoms with Crippen molar-refractivity contribution < 1.29 is 4.39 Å². The van der Waals surface area contributed by atoms with Crippen LogP contribution in [-0.4, -0.2) is 10.2 Å². The lowest BCUT2D eigenvalue weighted by atomic mass is 10.1. The molecule has 2 aromatic carbocycles. The summed E-state index contributed by atoms with van der Waals surface area (Å²) < 4.78 is 13.8. The van der Waals surface area contributed by atoms with Crippen LogP contribution in [0.1, 0.15) is 18.5 Å². The highest BCUT2D eigenvalue weighted by Crippen LogP contribution is 2.27. The lowest BCUT2D eigenvalue weighted by molar-refractivity contribution is 0.619. The maximum Gasteiger partial charge on any atom is 0.137 e. The zero-order valence-corrected chi connectivity index (χ0v) is 12.4. The van der Waals surface area contributed by atoms with Crippen LogP contribution in [0.2, 0.25) is 0 Å². The van der Waals surface area contributed by atoms with Crippen molar-refractivity contribution in [3.05, 3.63) is 58.4 Å². The summed E-state index contributed by atoms with van der Waals surface area (Å²) in [6, 6.07) is 11.1. The van der Waals surface area contributed by atoms with Crippen molar-refractivity contribution in [3.8, 4) is 0 Å². The summed E-state index contributed by atoms with van der Waals surface area (Å²) >= 11 is 3.22. The minimum atomic E-state index is -0.252. The first-order valence-electron chi connectivity index (χ1n) is 6.29. The highest BCUT2D eigenvalue weighted by atomic mass is 79.9. The second-order valence-corrected chi connectivity index (χ2v) is 5.53. The monoisotopic (exact) mass is 333 g/mol. The minimum Gasteiger partial charge on any atom is -0.378 e. The third kappa shape index (κ3) is 2.41. The van der Waals surface area contributed by atoms with Crippen LogP contribution in [0.25, 0.3) is 10.9 Å². The van der Waals surface area contributed by atoms with Crippen LogP contribution in [0.5, 0.6) is 0 Å². The van der Waals surface area contributed by atoms with Gasteiger partial charge in [-0.1, -0.05) is 12.1 Å². The molecule has 1 heterocycles. The van der Waals surface area contributed by atoms with E-state index < -0.39 is 0 Å².